The fraction of sp³-hybridized carbons (Fsp3) is 0.700. The maximum Gasteiger partial charge on any atom is 0.267 e. The Kier molecular flexibility index (Phi) is 6.22. The summed E-state index contributed by atoms with van der Waals surface area (Å²) in [7, 11) is 3.57. The molecule has 3 heterocycles. The fourth-order valence-electron chi connectivity index (χ4n) is 4.39. The van der Waals surface area contributed by atoms with Gasteiger partial charge >= 0.3 is 0 Å². The van der Waals surface area contributed by atoms with E-state index in [1.165, 1.54) is 0 Å². The summed E-state index contributed by atoms with van der Waals surface area (Å²) in [4.78, 5) is 29.2. The first kappa shape index (κ1) is 19.9. The van der Waals surface area contributed by atoms with Crippen LogP contribution in [0, 0.1) is 0 Å². The summed E-state index contributed by atoms with van der Waals surface area (Å²) in [6, 6.07) is 4.06. The van der Waals surface area contributed by atoms with Crippen LogP contribution >= 0.6 is 0 Å². The van der Waals surface area contributed by atoms with Crippen LogP contribution in [-0.4, -0.2) is 71.6 Å². The molecule has 0 spiro atoms. The second kappa shape index (κ2) is 8.44. The largest absolute Gasteiger partial charge is 0.372 e. The van der Waals surface area contributed by atoms with Gasteiger partial charge in [-0.25, -0.2) is 0 Å². The molecule has 1 aromatic rings. The van der Waals surface area contributed by atoms with Gasteiger partial charge in [0.05, 0.1) is 24.8 Å². The highest BCUT2D eigenvalue weighted by atomic mass is 16.5. The van der Waals surface area contributed by atoms with Crippen molar-refractivity contribution in [3.05, 3.63) is 23.5 Å². The highest BCUT2D eigenvalue weighted by molar-refractivity contribution is 5.92. The average Bonchev–Trinajstić information content (AvgIpc) is 3.02. The first-order valence-electron chi connectivity index (χ1n) is 9.95. The summed E-state index contributed by atoms with van der Waals surface area (Å²) < 4.78 is 7.71. The first-order valence-corrected chi connectivity index (χ1v) is 9.95. The smallest absolute Gasteiger partial charge is 0.267 e. The number of ether oxygens (including phenoxy) is 1. The quantitative estimate of drug-likeness (QED) is 0.866. The number of likely N-dealkylation sites (tertiary alicyclic amines) is 1. The molecule has 1 aromatic heterocycles. The fourth-order valence-corrected chi connectivity index (χ4v) is 4.39. The first-order chi connectivity index (χ1) is 12.9. The molecule has 0 saturated carbocycles. The molecular formula is C20H32N4O3. The molecular weight excluding hydrogens is 344 g/mol. The third-order valence-electron chi connectivity index (χ3n) is 5.69. The number of hydrogen-bond donors (Lipinski definition) is 1. The summed E-state index contributed by atoms with van der Waals surface area (Å²) >= 11 is 0. The Morgan fingerprint density at radius 2 is 1.89 bits per heavy atom. The number of carbonyl (C=O) groups excluding carboxylic acids is 2. The number of nitrogens with zero attached hydrogens (tertiary/aromatic N) is 3. The van der Waals surface area contributed by atoms with Crippen molar-refractivity contribution in [2.24, 2.45) is 7.05 Å². The van der Waals surface area contributed by atoms with Crippen LogP contribution in [0.2, 0.25) is 0 Å². The number of carbonyl (C=O) groups is 2. The number of aromatic nitrogens is 1. The minimum atomic E-state index is -0.0847. The van der Waals surface area contributed by atoms with E-state index in [1.807, 2.05) is 42.5 Å². The van der Waals surface area contributed by atoms with Crippen molar-refractivity contribution in [1.29, 1.82) is 0 Å². The standard InChI is InChI=1S/C20H32N4O3/c1-14-11-24(12-15(2)27-14)19(25)13-23-10-6-5-7-17(23)16-8-9-18(22(16)4)20(26)21-3/h8-9,14-15,17H,5-7,10-13H2,1-4H3,(H,21,26). The molecule has 1 N–H and O–H groups in total. The van der Waals surface area contributed by atoms with E-state index >= 15 is 0 Å². The van der Waals surface area contributed by atoms with Crippen LogP contribution in [-0.2, 0) is 16.6 Å². The summed E-state index contributed by atoms with van der Waals surface area (Å²) in [5.41, 5.74) is 1.75. The van der Waals surface area contributed by atoms with E-state index in [9.17, 15) is 9.59 Å². The van der Waals surface area contributed by atoms with Crippen LogP contribution in [0.25, 0.3) is 0 Å². The molecule has 3 rings (SSSR count). The van der Waals surface area contributed by atoms with Crippen LogP contribution in [0.4, 0.5) is 0 Å². The summed E-state index contributed by atoms with van der Waals surface area (Å²) in [5.74, 6) is 0.0862. The van der Waals surface area contributed by atoms with E-state index in [0.29, 0.717) is 25.3 Å². The Morgan fingerprint density at radius 1 is 1.19 bits per heavy atom. The molecule has 0 radical (unpaired) electrons. The van der Waals surface area contributed by atoms with Gasteiger partial charge < -0.3 is 19.5 Å². The van der Waals surface area contributed by atoms with Crippen molar-refractivity contribution in [3.8, 4) is 0 Å². The second-order valence-corrected chi connectivity index (χ2v) is 7.82. The minimum absolute atomic E-state index is 0.0813. The summed E-state index contributed by atoms with van der Waals surface area (Å²) in [5, 5.41) is 2.69. The molecule has 0 bridgehead atoms. The van der Waals surface area contributed by atoms with Crippen LogP contribution in [0.1, 0.15) is 55.3 Å². The van der Waals surface area contributed by atoms with Crippen LogP contribution < -0.4 is 5.32 Å². The van der Waals surface area contributed by atoms with E-state index in [0.717, 1.165) is 31.5 Å². The lowest BCUT2D eigenvalue weighted by molar-refractivity contribution is -0.145. The minimum Gasteiger partial charge on any atom is -0.372 e. The maximum absolute atomic E-state index is 12.9. The zero-order chi connectivity index (χ0) is 19.6. The average molecular weight is 377 g/mol. The van der Waals surface area contributed by atoms with Crippen molar-refractivity contribution in [1.82, 2.24) is 19.7 Å². The van der Waals surface area contributed by atoms with Gasteiger partial charge in [0.15, 0.2) is 0 Å². The number of piperidine rings is 1. The Morgan fingerprint density at radius 3 is 2.56 bits per heavy atom. The van der Waals surface area contributed by atoms with Crippen molar-refractivity contribution >= 4 is 11.8 Å². The monoisotopic (exact) mass is 376 g/mol. The predicted molar refractivity (Wildman–Crippen MR) is 104 cm³/mol. The molecule has 2 saturated heterocycles. The Labute approximate surface area is 161 Å². The Bertz CT molecular complexity index is 677. The second-order valence-electron chi connectivity index (χ2n) is 7.82. The molecule has 2 aliphatic rings. The van der Waals surface area contributed by atoms with Crippen LogP contribution in [0.5, 0.6) is 0 Å². The van der Waals surface area contributed by atoms with E-state index in [1.54, 1.807) is 7.05 Å². The molecule has 7 nitrogen and oxygen atoms in total. The Hall–Kier alpha value is -1.86. The lowest BCUT2D eigenvalue weighted by atomic mass is 9.99. The van der Waals surface area contributed by atoms with Gasteiger partial charge in [-0.15, -0.1) is 0 Å². The molecule has 7 heteroatoms. The summed E-state index contributed by atoms with van der Waals surface area (Å²) in [6.45, 7) is 6.68. The molecule has 2 amide bonds. The highest BCUT2D eigenvalue weighted by Crippen LogP contribution is 2.31. The molecule has 2 aliphatic heterocycles. The third kappa shape index (κ3) is 4.35. The van der Waals surface area contributed by atoms with Crippen molar-refractivity contribution in [2.45, 2.75) is 51.4 Å². The normalized spacial score (nSPS) is 26.8. The van der Waals surface area contributed by atoms with E-state index < -0.39 is 0 Å². The molecule has 0 aliphatic carbocycles. The summed E-state index contributed by atoms with van der Waals surface area (Å²) in [6.07, 6.45) is 3.41. The molecule has 3 atom stereocenters. The Balaban J connectivity index is 1.73. The lowest BCUT2D eigenvalue weighted by Gasteiger charge is -2.39. The topological polar surface area (TPSA) is 66.8 Å². The third-order valence-corrected chi connectivity index (χ3v) is 5.69. The molecule has 27 heavy (non-hydrogen) atoms. The van der Waals surface area contributed by atoms with E-state index in [-0.39, 0.29) is 30.1 Å². The van der Waals surface area contributed by atoms with Gasteiger partial charge in [0, 0.05) is 32.9 Å². The van der Waals surface area contributed by atoms with Gasteiger partial charge in [0.1, 0.15) is 5.69 Å². The highest BCUT2D eigenvalue weighted by Gasteiger charge is 2.32. The zero-order valence-corrected chi connectivity index (χ0v) is 16.9. The van der Waals surface area contributed by atoms with Gasteiger partial charge in [0.25, 0.3) is 5.91 Å². The maximum atomic E-state index is 12.9. The van der Waals surface area contributed by atoms with Crippen molar-refractivity contribution in [2.75, 3.05) is 33.2 Å². The number of nitrogens with one attached hydrogen (secondary N) is 1. The van der Waals surface area contributed by atoms with Crippen molar-refractivity contribution in [3.63, 3.8) is 0 Å². The number of amides is 2. The van der Waals surface area contributed by atoms with Gasteiger partial charge in [-0.2, -0.15) is 0 Å². The van der Waals surface area contributed by atoms with Gasteiger partial charge in [-0.3, -0.25) is 14.5 Å². The molecule has 150 valence electrons. The number of morpholine rings is 1. The van der Waals surface area contributed by atoms with Gasteiger partial charge in [-0.05, 0) is 45.4 Å². The van der Waals surface area contributed by atoms with E-state index in [4.69, 9.17) is 4.74 Å². The lowest BCUT2D eigenvalue weighted by Crippen LogP contribution is -2.51. The van der Waals surface area contributed by atoms with Crippen LogP contribution in [0.3, 0.4) is 0 Å². The SMILES string of the molecule is CNC(=O)c1ccc(C2CCCCN2CC(=O)N2CC(C)OC(C)C2)n1C. The number of rotatable bonds is 4. The van der Waals surface area contributed by atoms with Crippen molar-refractivity contribution < 1.29 is 14.3 Å². The molecule has 0 aromatic carbocycles. The van der Waals surface area contributed by atoms with Crippen LogP contribution in [0.15, 0.2) is 12.1 Å². The van der Waals surface area contributed by atoms with Gasteiger partial charge in [0.2, 0.25) is 5.91 Å². The van der Waals surface area contributed by atoms with E-state index in [2.05, 4.69) is 10.2 Å². The molecule has 3 unspecified atom stereocenters. The molecule has 2 fully saturated rings. The zero-order valence-electron chi connectivity index (χ0n) is 16.9. The van der Waals surface area contributed by atoms with Gasteiger partial charge in [-0.1, -0.05) is 6.42 Å². The number of hydrogen-bond acceptors (Lipinski definition) is 4. The predicted octanol–water partition coefficient (Wildman–Crippen LogP) is 1.55.